The molecule has 1 aromatic carbocycles. The van der Waals surface area contributed by atoms with Crippen molar-refractivity contribution in [1.29, 1.82) is 0 Å². The molecule has 0 unspecified atom stereocenters. The van der Waals surface area contributed by atoms with Crippen LogP contribution in [0.1, 0.15) is 49.3 Å². The third kappa shape index (κ3) is 3.90. The summed E-state index contributed by atoms with van der Waals surface area (Å²) >= 11 is 1.30. The number of aromatic nitrogens is 3. The molecule has 0 spiro atoms. The van der Waals surface area contributed by atoms with Crippen molar-refractivity contribution in [2.24, 2.45) is 0 Å². The average molecular weight is 374 g/mol. The molecule has 0 saturated carbocycles. The second kappa shape index (κ2) is 7.90. The van der Waals surface area contributed by atoms with E-state index in [0.717, 1.165) is 12.2 Å². The number of ketones is 1. The Bertz CT molecular complexity index is 819. The lowest BCUT2D eigenvalue weighted by atomic mass is 10.1. The summed E-state index contributed by atoms with van der Waals surface area (Å²) in [7, 11) is 0. The molecule has 0 radical (unpaired) electrons. The van der Waals surface area contributed by atoms with Crippen molar-refractivity contribution in [1.82, 2.24) is 15.2 Å². The summed E-state index contributed by atoms with van der Waals surface area (Å²) in [6.07, 6.45) is 0.836. The highest BCUT2D eigenvalue weighted by Crippen LogP contribution is 2.33. The summed E-state index contributed by atoms with van der Waals surface area (Å²) in [5.41, 5.74) is 1.22. The predicted octanol–water partition coefficient (Wildman–Crippen LogP) is 3.04. The number of nitrogens with zero attached hydrogens (tertiary/aromatic N) is 3. The first-order valence-electron chi connectivity index (χ1n) is 8.65. The number of benzene rings is 1. The van der Waals surface area contributed by atoms with Gasteiger partial charge < -0.3 is 9.64 Å². The fourth-order valence-corrected chi connectivity index (χ4v) is 3.34. The minimum atomic E-state index is -0.0831. The summed E-state index contributed by atoms with van der Waals surface area (Å²) in [6.45, 7) is 6.71. The Balaban J connectivity index is 1.72. The molecular weight excluding hydrogens is 352 g/mol. The lowest BCUT2D eigenvalue weighted by molar-refractivity contribution is -0.121. The van der Waals surface area contributed by atoms with Gasteiger partial charge in [-0.15, -0.1) is 5.10 Å². The number of thioether (sulfide) groups is 1. The van der Waals surface area contributed by atoms with E-state index in [4.69, 9.17) is 4.74 Å². The lowest BCUT2D eigenvalue weighted by Gasteiger charge is -2.29. The molecule has 2 aromatic rings. The molecular formula is C18H22N4O3S. The number of amides is 1. The lowest BCUT2D eigenvalue weighted by Crippen LogP contribution is -2.39. The van der Waals surface area contributed by atoms with Gasteiger partial charge in [0.25, 0.3) is 5.91 Å². The Morgan fingerprint density at radius 3 is 2.92 bits per heavy atom. The van der Waals surface area contributed by atoms with Gasteiger partial charge in [0, 0.05) is 18.0 Å². The molecule has 0 aliphatic carbocycles. The number of hydrogen-bond donors (Lipinski definition) is 1. The molecule has 0 atom stereocenters. The van der Waals surface area contributed by atoms with Gasteiger partial charge in [-0.25, -0.2) is 4.98 Å². The van der Waals surface area contributed by atoms with Crippen LogP contribution in [0.25, 0.3) is 0 Å². The second-order valence-electron chi connectivity index (χ2n) is 6.39. The fourth-order valence-electron chi connectivity index (χ4n) is 2.64. The second-order valence-corrected chi connectivity index (χ2v) is 7.33. The van der Waals surface area contributed by atoms with Gasteiger partial charge in [0.15, 0.2) is 12.4 Å². The van der Waals surface area contributed by atoms with Gasteiger partial charge >= 0.3 is 0 Å². The monoisotopic (exact) mass is 374 g/mol. The zero-order chi connectivity index (χ0) is 18.7. The van der Waals surface area contributed by atoms with E-state index in [1.165, 1.54) is 11.8 Å². The quantitative estimate of drug-likeness (QED) is 0.592. The highest BCUT2D eigenvalue weighted by molar-refractivity contribution is 7.99. The molecule has 3 rings (SSSR count). The van der Waals surface area contributed by atoms with E-state index >= 15 is 0 Å². The first-order valence-corrected chi connectivity index (χ1v) is 9.63. The third-order valence-electron chi connectivity index (χ3n) is 4.03. The van der Waals surface area contributed by atoms with Crippen molar-refractivity contribution in [3.8, 4) is 5.75 Å². The Morgan fingerprint density at radius 2 is 2.23 bits per heavy atom. The number of Topliss-reactive ketones (excluding diaryl/α,β-unsaturated/α-hetero) is 1. The summed E-state index contributed by atoms with van der Waals surface area (Å²) in [5, 5.41) is 7.56. The summed E-state index contributed by atoms with van der Waals surface area (Å²) in [6, 6.07) is 5.23. The van der Waals surface area contributed by atoms with E-state index in [0.29, 0.717) is 28.7 Å². The minimum Gasteiger partial charge on any atom is -0.482 e. The first kappa shape index (κ1) is 18.4. The van der Waals surface area contributed by atoms with Crippen LogP contribution in [0.3, 0.4) is 0 Å². The standard InChI is InChI=1S/C18H22N4O3S/c1-4-7-22-13-8-12(5-6-15(13)25-9-16(22)24)14(23)10-26-18-19-17(11(2)3)20-21-18/h5-6,8,11H,4,7,9-10H2,1-3H3,(H,19,20,21). The number of carbonyl (C=O) groups is 2. The van der Waals surface area contributed by atoms with E-state index in [1.54, 1.807) is 23.1 Å². The number of hydrogen-bond acceptors (Lipinski definition) is 6. The molecule has 1 N–H and O–H groups in total. The molecule has 1 aromatic heterocycles. The SMILES string of the molecule is CCCN1C(=O)COc2ccc(C(=O)CSc3n[nH]c(C(C)C)n3)cc21. The Hall–Kier alpha value is -2.35. The molecule has 2 heterocycles. The maximum atomic E-state index is 12.6. The summed E-state index contributed by atoms with van der Waals surface area (Å²) in [5.74, 6) is 1.81. The van der Waals surface area contributed by atoms with E-state index < -0.39 is 0 Å². The number of ether oxygens (including phenoxy) is 1. The zero-order valence-electron chi connectivity index (χ0n) is 15.1. The molecule has 1 aliphatic heterocycles. The minimum absolute atomic E-state index is 0.0387. The molecule has 1 aliphatic rings. The van der Waals surface area contributed by atoms with Crippen LogP contribution in [0.15, 0.2) is 23.4 Å². The van der Waals surface area contributed by atoms with Crippen LogP contribution in [-0.2, 0) is 4.79 Å². The number of carbonyl (C=O) groups excluding carboxylic acids is 2. The Morgan fingerprint density at radius 1 is 1.42 bits per heavy atom. The number of nitrogens with one attached hydrogen (secondary N) is 1. The molecule has 8 heteroatoms. The molecule has 7 nitrogen and oxygen atoms in total. The van der Waals surface area contributed by atoms with Crippen molar-refractivity contribution in [2.45, 2.75) is 38.3 Å². The topological polar surface area (TPSA) is 88.2 Å². The Labute approximate surface area is 156 Å². The van der Waals surface area contributed by atoms with Crippen LogP contribution in [0.5, 0.6) is 5.75 Å². The van der Waals surface area contributed by atoms with E-state index in [2.05, 4.69) is 15.2 Å². The third-order valence-corrected chi connectivity index (χ3v) is 4.88. The van der Waals surface area contributed by atoms with Gasteiger partial charge in [0.2, 0.25) is 5.16 Å². The summed E-state index contributed by atoms with van der Waals surface area (Å²) < 4.78 is 5.47. The highest BCUT2D eigenvalue weighted by atomic mass is 32.2. The van der Waals surface area contributed by atoms with Crippen LogP contribution in [0.4, 0.5) is 5.69 Å². The van der Waals surface area contributed by atoms with Crippen molar-refractivity contribution >= 4 is 29.1 Å². The van der Waals surface area contributed by atoms with Crippen LogP contribution >= 0.6 is 11.8 Å². The molecule has 138 valence electrons. The highest BCUT2D eigenvalue weighted by Gasteiger charge is 2.26. The molecule has 0 bridgehead atoms. The van der Waals surface area contributed by atoms with Crippen molar-refractivity contribution in [2.75, 3.05) is 23.8 Å². The molecule has 0 fully saturated rings. The van der Waals surface area contributed by atoms with Gasteiger partial charge in [-0.1, -0.05) is 32.5 Å². The van der Waals surface area contributed by atoms with Crippen LogP contribution in [-0.4, -0.2) is 45.8 Å². The van der Waals surface area contributed by atoms with Crippen LogP contribution < -0.4 is 9.64 Å². The van der Waals surface area contributed by atoms with Crippen LogP contribution in [0.2, 0.25) is 0 Å². The van der Waals surface area contributed by atoms with Crippen LogP contribution in [0, 0.1) is 0 Å². The Kier molecular flexibility index (Phi) is 5.61. The predicted molar refractivity (Wildman–Crippen MR) is 100 cm³/mol. The van der Waals surface area contributed by atoms with Gasteiger partial charge in [-0.3, -0.25) is 14.7 Å². The fraction of sp³-hybridized carbons (Fsp3) is 0.444. The zero-order valence-corrected chi connectivity index (χ0v) is 15.9. The van der Waals surface area contributed by atoms with Gasteiger partial charge in [0.1, 0.15) is 11.6 Å². The maximum Gasteiger partial charge on any atom is 0.265 e. The molecule has 26 heavy (non-hydrogen) atoms. The van der Waals surface area contributed by atoms with E-state index in [9.17, 15) is 9.59 Å². The normalized spacial score (nSPS) is 13.7. The van der Waals surface area contributed by atoms with E-state index in [-0.39, 0.29) is 30.0 Å². The van der Waals surface area contributed by atoms with Crippen molar-refractivity contribution < 1.29 is 14.3 Å². The number of anilines is 1. The largest absolute Gasteiger partial charge is 0.482 e. The van der Waals surface area contributed by atoms with Gasteiger partial charge in [-0.05, 0) is 24.6 Å². The number of H-pyrrole nitrogens is 1. The summed E-state index contributed by atoms with van der Waals surface area (Å²) in [4.78, 5) is 30.7. The average Bonchev–Trinajstić information content (AvgIpc) is 3.11. The van der Waals surface area contributed by atoms with E-state index in [1.807, 2.05) is 20.8 Å². The number of fused-ring (bicyclic) bond motifs is 1. The van der Waals surface area contributed by atoms with Crippen molar-refractivity contribution in [3.63, 3.8) is 0 Å². The molecule has 1 amide bonds. The maximum absolute atomic E-state index is 12.6. The first-order chi connectivity index (χ1) is 12.5. The smallest absolute Gasteiger partial charge is 0.265 e. The van der Waals surface area contributed by atoms with Gasteiger partial charge in [-0.2, -0.15) is 0 Å². The van der Waals surface area contributed by atoms with Crippen molar-refractivity contribution in [3.05, 3.63) is 29.6 Å². The molecule has 0 saturated heterocycles. The van der Waals surface area contributed by atoms with Gasteiger partial charge in [0.05, 0.1) is 11.4 Å². The number of aromatic amines is 1. The number of rotatable bonds is 7.